The fraction of sp³-hybridized carbons (Fsp3) is 0.444. The predicted molar refractivity (Wildman–Crippen MR) is 60.0 cm³/mol. The number of aromatic nitrogens is 1. The summed E-state index contributed by atoms with van der Waals surface area (Å²) in [6.07, 6.45) is 0. The van der Waals surface area contributed by atoms with Crippen LogP contribution >= 0.6 is 27.5 Å². The number of morpholine rings is 1. The smallest absolute Gasteiger partial charge is 0.132 e. The van der Waals surface area contributed by atoms with Crippen LogP contribution in [-0.2, 0) is 4.74 Å². The third-order valence-electron chi connectivity index (χ3n) is 2.08. The highest BCUT2D eigenvalue weighted by molar-refractivity contribution is 9.10. The van der Waals surface area contributed by atoms with Crippen molar-refractivity contribution in [2.45, 2.75) is 0 Å². The summed E-state index contributed by atoms with van der Waals surface area (Å²) in [5.74, 6) is 0.910. The molecule has 0 spiro atoms. The van der Waals surface area contributed by atoms with Crippen molar-refractivity contribution in [1.82, 2.24) is 4.98 Å². The van der Waals surface area contributed by atoms with E-state index < -0.39 is 0 Å². The lowest BCUT2D eigenvalue weighted by atomic mass is 10.4. The molecule has 5 heteroatoms. The first-order valence-electron chi connectivity index (χ1n) is 4.41. The monoisotopic (exact) mass is 276 g/mol. The number of pyridine rings is 1. The number of rotatable bonds is 1. The molecule has 0 N–H and O–H groups in total. The zero-order chi connectivity index (χ0) is 9.97. The Hall–Kier alpha value is -0.320. The highest BCUT2D eigenvalue weighted by Gasteiger charge is 2.13. The van der Waals surface area contributed by atoms with Gasteiger partial charge in [-0.15, -0.1) is 0 Å². The van der Waals surface area contributed by atoms with Gasteiger partial charge in [-0.25, -0.2) is 4.98 Å². The quantitative estimate of drug-likeness (QED) is 0.737. The zero-order valence-corrected chi connectivity index (χ0v) is 9.88. The highest BCUT2D eigenvalue weighted by atomic mass is 79.9. The van der Waals surface area contributed by atoms with Crippen LogP contribution in [0.2, 0.25) is 5.15 Å². The Balaban J connectivity index is 2.21. The number of ether oxygens (including phenoxy) is 1. The lowest BCUT2D eigenvalue weighted by Crippen LogP contribution is -2.36. The van der Waals surface area contributed by atoms with E-state index in [0.717, 1.165) is 36.6 Å². The van der Waals surface area contributed by atoms with Gasteiger partial charge in [0.05, 0.1) is 13.2 Å². The van der Waals surface area contributed by atoms with E-state index in [2.05, 4.69) is 25.8 Å². The van der Waals surface area contributed by atoms with E-state index in [4.69, 9.17) is 16.3 Å². The van der Waals surface area contributed by atoms with Gasteiger partial charge in [-0.1, -0.05) is 27.5 Å². The van der Waals surface area contributed by atoms with Crippen LogP contribution in [0.5, 0.6) is 0 Å². The van der Waals surface area contributed by atoms with E-state index in [9.17, 15) is 0 Å². The van der Waals surface area contributed by atoms with Crippen LogP contribution in [0.25, 0.3) is 0 Å². The summed E-state index contributed by atoms with van der Waals surface area (Å²) in [5, 5.41) is 0.515. The van der Waals surface area contributed by atoms with Crippen LogP contribution in [0.4, 0.5) is 5.82 Å². The van der Waals surface area contributed by atoms with Gasteiger partial charge < -0.3 is 9.64 Å². The van der Waals surface area contributed by atoms with E-state index >= 15 is 0 Å². The van der Waals surface area contributed by atoms with Crippen molar-refractivity contribution in [3.05, 3.63) is 21.8 Å². The molecule has 1 fully saturated rings. The van der Waals surface area contributed by atoms with Gasteiger partial charge in [0.2, 0.25) is 0 Å². The summed E-state index contributed by atoms with van der Waals surface area (Å²) in [6, 6.07) is 3.75. The molecule has 0 saturated carbocycles. The molecule has 0 unspecified atom stereocenters. The minimum atomic E-state index is 0.515. The lowest BCUT2D eigenvalue weighted by Gasteiger charge is -2.27. The molecule has 2 heterocycles. The largest absolute Gasteiger partial charge is 0.378 e. The maximum atomic E-state index is 5.87. The van der Waals surface area contributed by atoms with E-state index in [1.807, 2.05) is 6.07 Å². The van der Waals surface area contributed by atoms with Gasteiger partial charge in [-0.3, -0.25) is 0 Å². The van der Waals surface area contributed by atoms with Crippen LogP contribution in [0.1, 0.15) is 0 Å². The SMILES string of the molecule is Clc1cc(Br)cc(N2CCOCC2)n1. The number of halogens is 2. The average Bonchev–Trinajstić information content (AvgIpc) is 2.18. The summed E-state index contributed by atoms with van der Waals surface area (Å²) < 4.78 is 6.22. The number of hydrogen-bond donors (Lipinski definition) is 0. The van der Waals surface area contributed by atoms with Crippen molar-refractivity contribution >= 4 is 33.3 Å². The molecule has 0 aliphatic carbocycles. The van der Waals surface area contributed by atoms with Gasteiger partial charge in [0.25, 0.3) is 0 Å². The molecule has 1 saturated heterocycles. The fourth-order valence-electron chi connectivity index (χ4n) is 1.41. The molecule has 1 aliphatic rings. The van der Waals surface area contributed by atoms with Crippen LogP contribution < -0.4 is 4.90 Å². The van der Waals surface area contributed by atoms with Gasteiger partial charge in [0.15, 0.2) is 0 Å². The standard InChI is InChI=1S/C9H10BrClN2O/c10-7-5-8(11)12-9(6-7)13-1-3-14-4-2-13/h5-6H,1-4H2. The number of anilines is 1. The predicted octanol–water partition coefficient (Wildman–Crippen LogP) is 2.33. The first-order valence-corrected chi connectivity index (χ1v) is 5.58. The molecule has 0 atom stereocenters. The molecule has 0 aromatic carbocycles. The molecule has 0 radical (unpaired) electrons. The van der Waals surface area contributed by atoms with E-state index in [1.54, 1.807) is 6.07 Å². The summed E-state index contributed by atoms with van der Waals surface area (Å²) in [5.41, 5.74) is 0. The zero-order valence-electron chi connectivity index (χ0n) is 7.54. The van der Waals surface area contributed by atoms with Crippen LogP contribution in [-0.4, -0.2) is 31.3 Å². The summed E-state index contributed by atoms with van der Waals surface area (Å²) in [6.45, 7) is 3.26. The molecule has 14 heavy (non-hydrogen) atoms. The van der Waals surface area contributed by atoms with Gasteiger partial charge >= 0.3 is 0 Å². The highest BCUT2D eigenvalue weighted by Crippen LogP contribution is 2.22. The van der Waals surface area contributed by atoms with Gasteiger partial charge in [0, 0.05) is 17.6 Å². The maximum absolute atomic E-state index is 5.87. The maximum Gasteiger partial charge on any atom is 0.132 e. The normalized spacial score (nSPS) is 17.1. The van der Waals surface area contributed by atoms with E-state index in [0.29, 0.717) is 5.15 Å². The first-order chi connectivity index (χ1) is 6.75. The van der Waals surface area contributed by atoms with Gasteiger partial charge in [0.1, 0.15) is 11.0 Å². The molecule has 0 bridgehead atoms. The molecule has 1 aromatic heterocycles. The Morgan fingerprint density at radius 3 is 2.71 bits per heavy atom. The summed E-state index contributed by atoms with van der Waals surface area (Å²) in [4.78, 5) is 6.43. The molecule has 1 aliphatic heterocycles. The molecule has 3 nitrogen and oxygen atoms in total. The van der Waals surface area contributed by atoms with Crippen molar-refractivity contribution in [3.8, 4) is 0 Å². The second kappa shape index (κ2) is 4.47. The molecule has 1 aromatic rings. The Morgan fingerprint density at radius 2 is 2.07 bits per heavy atom. The fourth-order valence-corrected chi connectivity index (χ4v) is 2.16. The van der Waals surface area contributed by atoms with Crippen molar-refractivity contribution in [2.24, 2.45) is 0 Å². The minimum absolute atomic E-state index is 0.515. The first kappa shape index (κ1) is 10.2. The Kier molecular flexibility index (Phi) is 3.26. The third kappa shape index (κ3) is 2.38. The van der Waals surface area contributed by atoms with E-state index in [1.165, 1.54) is 0 Å². The Bertz CT molecular complexity index is 308. The molecular formula is C9H10BrClN2O. The topological polar surface area (TPSA) is 25.4 Å². The van der Waals surface area contributed by atoms with Crippen molar-refractivity contribution in [1.29, 1.82) is 0 Å². The summed E-state index contributed by atoms with van der Waals surface area (Å²) in [7, 11) is 0. The van der Waals surface area contributed by atoms with Crippen LogP contribution in [0.3, 0.4) is 0 Å². The van der Waals surface area contributed by atoms with Crippen molar-refractivity contribution in [3.63, 3.8) is 0 Å². The molecule has 76 valence electrons. The van der Waals surface area contributed by atoms with Crippen molar-refractivity contribution in [2.75, 3.05) is 31.2 Å². The Morgan fingerprint density at radius 1 is 1.36 bits per heavy atom. The molecular weight excluding hydrogens is 267 g/mol. The van der Waals surface area contributed by atoms with Crippen molar-refractivity contribution < 1.29 is 4.74 Å². The number of nitrogens with zero attached hydrogens (tertiary/aromatic N) is 2. The van der Waals surface area contributed by atoms with E-state index in [-0.39, 0.29) is 0 Å². The summed E-state index contributed by atoms with van der Waals surface area (Å²) >= 11 is 9.27. The molecule has 2 rings (SSSR count). The number of hydrogen-bond acceptors (Lipinski definition) is 3. The third-order valence-corrected chi connectivity index (χ3v) is 2.73. The second-order valence-corrected chi connectivity index (χ2v) is 4.37. The van der Waals surface area contributed by atoms with Gasteiger partial charge in [-0.05, 0) is 12.1 Å². The van der Waals surface area contributed by atoms with Crippen LogP contribution in [0.15, 0.2) is 16.6 Å². The Labute approximate surface area is 96.1 Å². The lowest BCUT2D eigenvalue weighted by molar-refractivity contribution is 0.122. The average molecular weight is 278 g/mol. The minimum Gasteiger partial charge on any atom is -0.378 e. The molecule has 0 amide bonds. The van der Waals surface area contributed by atoms with Crippen LogP contribution in [0, 0.1) is 0 Å². The second-order valence-electron chi connectivity index (χ2n) is 3.07. The van der Waals surface area contributed by atoms with Gasteiger partial charge in [-0.2, -0.15) is 0 Å².